The second-order valence-corrected chi connectivity index (χ2v) is 3.49. The molecule has 1 aliphatic rings. The molecule has 4 nitrogen and oxygen atoms in total. The van der Waals surface area contributed by atoms with Gasteiger partial charge in [0.2, 0.25) is 5.95 Å². The fraction of sp³-hybridized carbons (Fsp3) is 0.231. The molecule has 0 aromatic carbocycles. The van der Waals surface area contributed by atoms with Crippen LogP contribution in [-0.4, -0.2) is 30.0 Å². The number of rotatable bonds is 1. The van der Waals surface area contributed by atoms with E-state index in [0.717, 1.165) is 13.2 Å². The summed E-state index contributed by atoms with van der Waals surface area (Å²) >= 11 is 0. The van der Waals surface area contributed by atoms with Gasteiger partial charge < -0.3 is 9.47 Å². The lowest BCUT2D eigenvalue weighted by Gasteiger charge is -1.97. The van der Waals surface area contributed by atoms with Gasteiger partial charge in [0.05, 0.1) is 24.6 Å². The first-order chi connectivity index (χ1) is 8.86. The molecule has 0 spiro atoms. The molecule has 0 aliphatic carbocycles. The van der Waals surface area contributed by atoms with Crippen LogP contribution in [0.3, 0.4) is 0 Å². The maximum atomic E-state index is 12.7. The molecule has 0 amide bonds. The molecule has 2 aromatic heterocycles. The van der Waals surface area contributed by atoms with Crippen molar-refractivity contribution in [1.82, 2.24) is 9.97 Å². The number of nitrogens with zero attached hydrogens (tertiary/aromatic N) is 2. The van der Waals surface area contributed by atoms with Crippen molar-refractivity contribution in [2.45, 2.75) is 0 Å². The van der Waals surface area contributed by atoms with Gasteiger partial charge >= 0.3 is 0 Å². The van der Waals surface area contributed by atoms with E-state index in [-0.39, 0.29) is 0 Å². The van der Waals surface area contributed by atoms with Gasteiger partial charge in [0, 0.05) is 6.20 Å². The van der Waals surface area contributed by atoms with Crippen molar-refractivity contribution in [3.8, 4) is 11.4 Å². The zero-order valence-corrected chi connectivity index (χ0v) is 9.75. The Hall–Kier alpha value is -1.85. The van der Waals surface area contributed by atoms with E-state index in [1.807, 2.05) is 12.1 Å². The lowest BCUT2D eigenvalue weighted by molar-refractivity contribution is 0.0692. The van der Waals surface area contributed by atoms with Crippen LogP contribution in [0.4, 0.5) is 4.39 Å². The fourth-order valence-electron chi connectivity index (χ4n) is 1.36. The van der Waals surface area contributed by atoms with Crippen molar-refractivity contribution < 1.29 is 13.9 Å². The summed E-state index contributed by atoms with van der Waals surface area (Å²) in [5, 5.41) is 0. The van der Waals surface area contributed by atoms with E-state index in [1.165, 1.54) is 6.07 Å². The summed E-state index contributed by atoms with van der Waals surface area (Å²) in [4.78, 5) is 7.78. The van der Waals surface area contributed by atoms with Gasteiger partial charge in [-0.1, -0.05) is 12.1 Å². The minimum absolute atomic E-state index is 0.483. The molecule has 0 radical (unpaired) electrons. The summed E-state index contributed by atoms with van der Waals surface area (Å²) in [6.45, 7) is 2.06. The maximum Gasteiger partial charge on any atom is 0.213 e. The zero-order valence-electron chi connectivity index (χ0n) is 9.75. The molecule has 3 heterocycles. The second-order valence-electron chi connectivity index (χ2n) is 3.49. The fourth-order valence-corrected chi connectivity index (χ4v) is 1.36. The van der Waals surface area contributed by atoms with Crippen LogP contribution in [0.15, 0.2) is 42.6 Å². The van der Waals surface area contributed by atoms with Gasteiger partial charge in [-0.2, -0.15) is 4.39 Å². The molecule has 3 rings (SSSR count). The Morgan fingerprint density at radius 1 is 0.944 bits per heavy atom. The minimum atomic E-state index is -0.483. The largest absolute Gasteiger partial charge is 0.353 e. The monoisotopic (exact) mass is 248 g/mol. The molecule has 1 aliphatic heterocycles. The Labute approximate surface area is 104 Å². The van der Waals surface area contributed by atoms with Crippen LogP contribution >= 0.6 is 0 Å². The highest BCUT2D eigenvalue weighted by Gasteiger charge is 1.99. The molecule has 0 bridgehead atoms. The zero-order chi connectivity index (χ0) is 12.6. The Morgan fingerprint density at radius 3 is 2.28 bits per heavy atom. The number of ether oxygens (including phenoxy) is 2. The lowest BCUT2D eigenvalue weighted by atomic mass is 10.2. The van der Waals surface area contributed by atoms with Gasteiger partial charge in [0.15, 0.2) is 0 Å². The minimum Gasteiger partial charge on any atom is -0.353 e. The molecule has 0 atom stereocenters. The SMILES string of the molecule is C1COCO1.Fc1cccc(-c2ccccn2)n1. The third kappa shape index (κ3) is 3.87. The smallest absolute Gasteiger partial charge is 0.213 e. The van der Waals surface area contributed by atoms with E-state index in [0.29, 0.717) is 18.2 Å². The van der Waals surface area contributed by atoms with Crippen LogP contribution in [0.5, 0.6) is 0 Å². The summed E-state index contributed by atoms with van der Waals surface area (Å²) in [5.41, 5.74) is 1.24. The standard InChI is InChI=1S/C10H7FN2.C3H6O2/c11-10-6-3-5-9(13-10)8-4-1-2-7-12-8;1-2-5-3-4-1/h1-7H;1-3H2. The molecule has 1 saturated heterocycles. The predicted molar refractivity (Wildman–Crippen MR) is 64.2 cm³/mol. The van der Waals surface area contributed by atoms with Crippen LogP contribution < -0.4 is 0 Å². The van der Waals surface area contributed by atoms with E-state index in [2.05, 4.69) is 9.97 Å². The number of aromatic nitrogens is 2. The Balaban J connectivity index is 0.000000202. The number of halogens is 1. The Bertz CT molecular complexity index is 468. The van der Waals surface area contributed by atoms with Gasteiger partial charge in [-0.25, -0.2) is 4.98 Å². The Kier molecular flexibility index (Phi) is 4.75. The van der Waals surface area contributed by atoms with Crippen molar-refractivity contribution in [3.63, 3.8) is 0 Å². The first-order valence-corrected chi connectivity index (χ1v) is 5.56. The van der Waals surface area contributed by atoms with Gasteiger partial charge in [-0.05, 0) is 24.3 Å². The van der Waals surface area contributed by atoms with Crippen LogP contribution in [0, 0.1) is 5.95 Å². The molecule has 0 N–H and O–H groups in total. The molecule has 5 heteroatoms. The number of pyridine rings is 2. The first-order valence-electron chi connectivity index (χ1n) is 5.56. The molecule has 2 aromatic rings. The van der Waals surface area contributed by atoms with Crippen LogP contribution in [0.25, 0.3) is 11.4 Å². The molecule has 0 saturated carbocycles. The van der Waals surface area contributed by atoms with E-state index < -0.39 is 5.95 Å². The highest BCUT2D eigenvalue weighted by molar-refractivity contribution is 5.52. The molecule has 94 valence electrons. The average molecular weight is 248 g/mol. The average Bonchev–Trinajstić information content (AvgIpc) is 2.99. The van der Waals surface area contributed by atoms with Crippen LogP contribution in [-0.2, 0) is 9.47 Å². The molecule has 18 heavy (non-hydrogen) atoms. The van der Waals surface area contributed by atoms with Crippen molar-refractivity contribution in [2.24, 2.45) is 0 Å². The molecular formula is C13H13FN2O2. The van der Waals surface area contributed by atoms with Crippen molar-refractivity contribution >= 4 is 0 Å². The third-order valence-electron chi connectivity index (χ3n) is 2.18. The quantitative estimate of drug-likeness (QED) is 0.726. The summed E-state index contributed by atoms with van der Waals surface area (Å²) in [7, 11) is 0. The summed E-state index contributed by atoms with van der Waals surface area (Å²) in [5.74, 6) is -0.483. The van der Waals surface area contributed by atoms with Gasteiger partial charge in [-0.15, -0.1) is 0 Å². The Morgan fingerprint density at radius 2 is 1.72 bits per heavy atom. The van der Waals surface area contributed by atoms with Crippen LogP contribution in [0.1, 0.15) is 0 Å². The maximum absolute atomic E-state index is 12.7. The highest BCUT2D eigenvalue weighted by atomic mass is 19.1. The normalized spacial score (nSPS) is 13.8. The first kappa shape index (κ1) is 12.6. The van der Waals surface area contributed by atoms with E-state index in [9.17, 15) is 4.39 Å². The summed E-state index contributed by atoms with van der Waals surface area (Å²) in [6, 6.07) is 10.1. The van der Waals surface area contributed by atoms with Gasteiger partial charge in [0.25, 0.3) is 0 Å². The molecular weight excluding hydrogens is 235 g/mol. The summed E-state index contributed by atoms with van der Waals surface area (Å²) in [6.07, 6.45) is 1.65. The van der Waals surface area contributed by atoms with E-state index in [4.69, 9.17) is 9.47 Å². The van der Waals surface area contributed by atoms with Crippen LogP contribution in [0.2, 0.25) is 0 Å². The van der Waals surface area contributed by atoms with Gasteiger partial charge in [0.1, 0.15) is 6.79 Å². The van der Waals surface area contributed by atoms with E-state index in [1.54, 1.807) is 24.4 Å². The third-order valence-corrected chi connectivity index (χ3v) is 2.18. The molecule has 0 unspecified atom stereocenters. The predicted octanol–water partition coefficient (Wildman–Crippen LogP) is 2.27. The van der Waals surface area contributed by atoms with Crippen molar-refractivity contribution in [2.75, 3.05) is 20.0 Å². The number of hydrogen-bond donors (Lipinski definition) is 0. The summed E-state index contributed by atoms with van der Waals surface area (Å²) < 4.78 is 22.2. The number of hydrogen-bond acceptors (Lipinski definition) is 4. The molecule has 1 fully saturated rings. The van der Waals surface area contributed by atoms with Crippen molar-refractivity contribution in [3.05, 3.63) is 48.5 Å². The highest BCUT2D eigenvalue weighted by Crippen LogP contribution is 2.12. The lowest BCUT2D eigenvalue weighted by Crippen LogP contribution is -1.88. The van der Waals surface area contributed by atoms with Crippen molar-refractivity contribution in [1.29, 1.82) is 0 Å². The van der Waals surface area contributed by atoms with Gasteiger partial charge in [-0.3, -0.25) is 4.98 Å². The second kappa shape index (κ2) is 6.78. The van der Waals surface area contributed by atoms with E-state index >= 15 is 0 Å². The topological polar surface area (TPSA) is 44.2 Å².